The molecule has 0 unspecified atom stereocenters. The summed E-state index contributed by atoms with van der Waals surface area (Å²) >= 11 is 1.39. The number of aliphatic carboxylic acids is 1. The van der Waals surface area contributed by atoms with Crippen LogP contribution in [0.3, 0.4) is 0 Å². The highest BCUT2D eigenvalue weighted by molar-refractivity contribution is 7.11. The van der Waals surface area contributed by atoms with E-state index in [0.717, 1.165) is 0 Å². The van der Waals surface area contributed by atoms with Crippen molar-refractivity contribution in [3.63, 3.8) is 0 Å². The van der Waals surface area contributed by atoms with Gasteiger partial charge in [0.05, 0.1) is 24.1 Å². The van der Waals surface area contributed by atoms with E-state index in [-0.39, 0.29) is 24.2 Å². The molecule has 2 fully saturated rings. The molecule has 2 N–H and O–H groups in total. The molecule has 11 nitrogen and oxygen atoms in total. The van der Waals surface area contributed by atoms with E-state index >= 15 is 0 Å². The number of nitrogens with one attached hydrogen (secondary N) is 1. The lowest BCUT2D eigenvalue weighted by Gasteiger charge is -2.38. The van der Waals surface area contributed by atoms with Crippen LogP contribution in [-0.4, -0.2) is 101 Å². The summed E-state index contributed by atoms with van der Waals surface area (Å²) in [6, 6.07) is 3.64. The largest absolute Gasteiger partial charge is 0.481 e. The number of esters is 1. The van der Waals surface area contributed by atoms with Crippen LogP contribution in [0.4, 0.5) is 9.18 Å². The van der Waals surface area contributed by atoms with Gasteiger partial charge < -0.3 is 25.0 Å². The molecule has 0 saturated carbocycles. The van der Waals surface area contributed by atoms with Crippen LogP contribution in [0.1, 0.15) is 36.0 Å². The van der Waals surface area contributed by atoms with Crippen LogP contribution in [0.15, 0.2) is 46.0 Å². The van der Waals surface area contributed by atoms with Crippen molar-refractivity contribution in [3.8, 4) is 0 Å². The van der Waals surface area contributed by atoms with Crippen molar-refractivity contribution in [1.82, 2.24) is 25.0 Å². The molecule has 218 valence electrons. The van der Waals surface area contributed by atoms with E-state index in [1.807, 2.05) is 5.38 Å². The highest BCUT2D eigenvalue weighted by atomic mass is 32.1. The minimum absolute atomic E-state index is 0.121. The summed E-state index contributed by atoms with van der Waals surface area (Å²) in [4.78, 5) is 52.7. The highest BCUT2D eigenvalue weighted by Gasteiger charge is 2.44. The fraction of sp³-hybridized carbons (Fsp3) is 0.464. The normalized spacial score (nSPS) is 21.5. The molecule has 0 bridgehead atoms. The summed E-state index contributed by atoms with van der Waals surface area (Å²) < 4.78 is 19.8. The summed E-state index contributed by atoms with van der Waals surface area (Å²) in [5.41, 5.74) is 0.751. The lowest BCUT2D eigenvalue weighted by atomic mass is 9.92. The molecule has 3 aliphatic heterocycles. The van der Waals surface area contributed by atoms with Gasteiger partial charge in [-0.2, -0.15) is 0 Å². The summed E-state index contributed by atoms with van der Waals surface area (Å²) in [7, 11) is 1.30. The number of carbonyl (C=O) groups excluding carboxylic acids is 2. The third-order valence-corrected chi connectivity index (χ3v) is 8.61. The van der Waals surface area contributed by atoms with Crippen LogP contribution in [0.25, 0.3) is 0 Å². The van der Waals surface area contributed by atoms with Crippen LogP contribution in [0, 0.1) is 18.2 Å². The van der Waals surface area contributed by atoms with Crippen molar-refractivity contribution in [2.45, 2.75) is 32.9 Å². The molecule has 1 aromatic carbocycles. The number of thiazole rings is 1. The Hall–Kier alpha value is -3.84. The quantitative estimate of drug-likeness (QED) is 0.454. The molecule has 1 aromatic heterocycles. The molecule has 0 aliphatic carbocycles. The molecule has 5 rings (SSSR count). The second-order valence-corrected chi connectivity index (χ2v) is 12.0. The number of methoxy groups -OCH3 is 1. The number of halogens is 1. The smallest absolute Gasteiger partial charge is 0.338 e. The molecule has 13 heteroatoms. The molecule has 41 heavy (non-hydrogen) atoms. The van der Waals surface area contributed by atoms with Gasteiger partial charge in [-0.3, -0.25) is 14.7 Å². The Morgan fingerprint density at radius 2 is 2.05 bits per heavy atom. The number of rotatable bonds is 8. The van der Waals surface area contributed by atoms with Crippen molar-refractivity contribution in [2.75, 3.05) is 46.4 Å². The topological polar surface area (TPSA) is 128 Å². The Kier molecular flexibility index (Phi) is 7.84. The first kappa shape index (κ1) is 28.7. The summed E-state index contributed by atoms with van der Waals surface area (Å²) in [5, 5.41) is 15.3. The Bertz CT molecular complexity index is 1420. The molecular weight excluding hydrogens is 551 g/mol. The maximum Gasteiger partial charge on any atom is 0.338 e. The second kappa shape index (κ2) is 11.2. The lowest BCUT2D eigenvalue weighted by Crippen LogP contribution is -2.53. The number of piperazine rings is 1. The molecule has 2 saturated heterocycles. The minimum Gasteiger partial charge on any atom is -0.481 e. The number of aliphatic imine (C=N–C) groups is 1. The molecule has 2 amide bonds. The Labute approximate surface area is 241 Å². The molecule has 0 spiro atoms. The number of carboxylic acid groups (broad SMARTS) is 1. The van der Waals surface area contributed by atoms with Crippen LogP contribution < -0.4 is 5.32 Å². The maximum atomic E-state index is 14.6. The van der Waals surface area contributed by atoms with Gasteiger partial charge in [-0.25, -0.2) is 19.0 Å². The molecule has 3 aliphatic rings. The van der Waals surface area contributed by atoms with Crippen LogP contribution in [0.2, 0.25) is 0 Å². The van der Waals surface area contributed by atoms with E-state index in [0.29, 0.717) is 60.4 Å². The summed E-state index contributed by atoms with van der Waals surface area (Å²) in [6.45, 7) is 7.30. The predicted octanol–water partition coefficient (Wildman–Crippen LogP) is 2.64. The molecule has 2 aromatic rings. The van der Waals surface area contributed by atoms with Gasteiger partial charge in [0, 0.05) is 56.5 Å². The van der Waals surface area contributed by atoms with Crippen LogP contribution in [-0.2, 0) is 14.3 Å². The van der Waals surface area contributed by atoms with Gasteiger partial charge in [0.1, 0.15) is 11.9 Å². The number of amides is 2. The number of nitrogens with zero attached hydrogens (tertiary/aromatic N) is 5. The average molecular weight is 585 g/mol. The highest BCUT2D eigenvalue weighted by Crippen LogP contribution is 2.36. The minimum atomic E-state index is -1.06. The van der Waals surface area contributed by atoms with Crippen LogP contribution in [0.5, 0.6) is 0 Å². The van der Waals surface area contributed by atoms with Crippen molar-refractivity contribution in [3.05, 3.63) is 63.0 Å². The predicted molar refractivity (Wildman–Crippen MR) is 150 cm³/mol. The number of hydrogen-bond donors (Lipinski definition) is 2. The standard InChI is InChI=1S/C28H33FN6O5S/c1-16-18(6-5-7-19(16)29)22-21(25(36)40-4)20(31-23(32-22)24-30-8-11-41-24)14-33-9-10-35-17(12-33)13-34(27(35)39)15-28(2,3)26(37)38/h5-8,11,17,22H,9-10,12-15H2,1-4H3,(H,31,32)(H,37,38)/t17-,22-/m0/s1. The maximum absolute atomic E-state index is 14.6. The number of ether oxygens (including phenoxy) is 1. The first-order valence-electron chi connectivity index (χ1n) is 13.3. The van der Waals surface area contributed by atoms with Crippen LogP contribution >= 0.6 is 11.3 Å². The van der Waals surface area contributed by atoms with E-state index in [2.05, 4.69) is 15.2 Å². The summed E-state index contributed by atoms with van der Waals surface area (Å²) in [5.74, 6) is -1.44. The molecule has 4 heterocycles. The zero-order valence-electron chi connectivity index (χ0n) is 23.4. The van der Waals surface area contributed by atoms with Gasteiger partial charge >= 0.3 is 18.0 Å². The Balaban J connectivity index is 1.44. The van der Waals surface area contributed by atoms with Crippen molar-refractivity contribution < 1.29 is 28.6 Å². The number of carboxylic acids is 1. The van der Waals surface area contributed by atoms with E-state index < -0.39 is 29.2 Å². The van der Waals surface area contributed by atoms with Crippen molar-refractivity contribution in [1.29, 1.82) is 0 Å². The van der Waals surface area contributed by atoms with Gasteiger partial charge in [0.15, 0.2) is 10.8 Å². The zero-order valence-corrected chi connectivity index (χ0v) is 24.2. The lowest BCUT2D eigenvalue weighted by molar-refractivity contribution is -0.147. The first-order valence-corrected chi connectivity index (χ1v) is 14.2. The second-order valence-electron chi connectivity index (χ2n) is 11.1. The number of hydrogen-bond acceptors (Lipinski definition) is 9. The molecular formula is C28H33FN6O5S. The van der Waals surface area contributed by atoms with Gasteiger partial charge in [-0.15, -0.1) is 11.3 Å². The fourth-order valence-electron chi connectivity index (χ4n) is 5.55. The van der Waals surface area contributed by atoms with E-state index in [4.69, 9.17) is 9.73 Å². The number of aromatic nitrogens is 1. The van der Waals surface area contributed by atoms with Gasteiger partial charge in [-0.05, 0) is 38.0 Å². The van der Waals surface area contributed by atoms with Gasteiger partial charge in [0.25, 0.3) is 0 Å². The summed E-state index contributed by atoms with van der Waals surface area (Å²) in [6.07, 6.45) is 1.67. The molecule has 2 atom stereocenters. The number of urea groups is 1. The van der Waals surface area contributed by atoms with Crippen molar-refractivity contribution >= 4 is 35.1 Å². The van der Waals surface area contributed by atoms with E-state index in [1.165, 1.54) is 24.5 Å². The Morgan fingerprint density at radius 3 is 2.73 bits per heavy atom. The molecule has 0 radical (unpaired) electrons. The van der Waals surface area contributed by atoms with Gasteiger partial charge in [-0.1, -0.05) is 12.1 Å². The zero-order chi connectivity index (χ0) is 29.5. The SMILES string of the molecule is COC(=O)C1=C(CN2CCN3C(=O)N(CC(C)(C)C(=O)O)C[C@@H]3C2)NC(c2nccs2)=N[C@H]1c1cccc(F)c1C. The van der Waals surface area contributed by atoms with Gasteiger partial charge in [0.2, 0.25) is 0 Å². The first-order chi connectivity index (χ1) is 19.5. The monoisotopic (exact) mass is 584 g/mol. The third-order valence-electron chi connectivity index (χ3n) is 7.83. The number of fused-ring (bicyclic) bond motifs is 1. The Morgan fingerprint density at radius 1 is 1.27 bits per heavy atom. The van der Waals surface area contributed by atoms with E-state index in [9.17, 15) is 23.9 Å². The fourth-order valence-corrected chi connectivity index (χ4v) is 6.14. The number of benzene rings is 1. The number of amidine groups is 1. The average Bonchev–Trinajstić information content (AvgIpc) is 3.58. The third kappa shape index (κ3) is 5.55. The van der Waals surface area contributed by atoms with E-state index in [1.54, 1.807) is 48.9 Å². The number of carbonyl (C=O) groups is 3. The van der Waals surface area contributed by atoms with Crippen molar-refractivity contribution in [2.24, 2.45) is 10.4 Å².